The zero-order valence-corrected chi connectivity index (χ0v) is 14.2. The van der Waals surface area contributed by atoms with Crippen molar-refractivity contribution in [2.75, 3.05) is 13.7 Å². The zero-order chi connectivity index (χ0) is 17.6. The molecule has 128 valence electrons. The Morgan fingerprint density at radius 1 is 1.12 bits per heavy atom. The first-order chi connectivity index (χ1) is 12.2. The SMILES string of the molecule is CCN(Cc1ccccc1)C(=O)c1nnc(-c2cccc(OC)c2)o1. The molecule has 0 aliphatic rings. The molecule has 0 saturated carbocycles. The Morgan fingerprint density at radius 2 is 1.92 bits per heavy atom. The van der Waals surface area contributed by atoms with E-state index in [9.17, 15) is 4.79 Å². The van der Waals surface area contributed by atoms with Crippen molar-refractivity contribution < 1.29 is 13.9 Å². The van der Waals surface area contributed by atoms with Gasteiger partial charge in [0.25, 0.3) is 0 Å². The number of carbonyl (C=O) groups excluding carboxylic acids is 1. The van der Waals surface area contributed by atoms with Crippen LogP contribution in [0.15, 0.2) is 59.0 Å². The van der Waals surface area contributed by atoms with Crippen LogP contribution >= 0.6 is 0 Å². The van der Waals surface area contributed by atoms with Gasteiger partial charge >= 0.3 is 11.8 Å². The van der Waals surface area contributed by atoms with E-state index in [1.807, 2.05) is 55.5 Å². The van der Waals surface area contributed by atoms with Crippen LogP contribution in [0, 0.1) is 0 Å². The number of methoxy groups -OCH3 is 1. The second-order valence-corrected chi connectivity index (χ2v) is 5.45. The van der Waals surface area contributed by atoms with E-state index in [-0.39, 0.29) is 17.7 Å². The van der Waals surface area contributed by atoms with E-state index in [1.165, 1.54) is 0 Å². The van der Waals surface area contributed by atoms with Crippen LogP contribution in [0.5, 0.6) is 5.75 Å². The van der Waals surface area contributed by atoms with Gasteiger partial charge in [-0.1, -0.05) is 36.4 Å². The van der Waals surface area contributed by atoms with Gasteiger partial charge < -0.3 is 14.1 Å². The number of hydrogen-bond acceptors (Lipinski definition) is 5. The summed E-state index contributed by atoms with van der Waals surface area (Å²) in [5.41, 5.74) is 1.75. The molecule has 3 aromatic rings. The molecule has 0 bridgehead atoms. The van der Waals surface area contributed by atoms with Gasteiger partial charge in [0.2, 0.25) is 5.89 Å². The summed E-state index contributed by atoms with van der Waals surface area (Å²) in [7, 11) is 1.59. The molecule has 0 aliphatic carbocycles. The minimum atomic E-state index is -0.284. The minimum absolute atomic E-state index is 0.0180. The maximum atomic E-state index is 12.7. The van der Waals surface area contributed by atoms with E-state index in [0.717, 1.165) is 5.56 Å². The van der Waals surface area contributed by atoms with Crippen molar-refractivity contribution in [3.63, 3.8) is 0 Å². The number of nitrogens with zero attached hydrogens (tertiary/aromatic N) is 3. The Balaban J connectivity index is 1.79. The maximum Gasteiger partial charge on any atom is 0.311 e. The molecule has 1 heterocycles. The second-order valence-electron chi connectivity index (χ2n) is 5.45. The van der Waals surface area contributed by atoms with Gasteiger partial charge in [-0.05, 0) is 30.7 Å². The third kappa shape index (κ3) is 3.85. The Kier molecular flexibility index (Phi) is 5.09. The number of carbonyl (C=O) groups is 1. The molecule has 0 unspecified atom stereocenters. The highest BCUT2D eigenvalue weighted by Crippen LogP contribution is 2.23. The van der Waals surface area contributed by atoms with Gasteiger partial charge in [-0.25, -0.2) is 0 Å². The van der Waals surface area contributed by atoms with Crippen molar-refractivity contribution in [2.45, 2.75) is 13.5 Å². The van der Waals surface area contributed by atoms with Crippen LogP contribution in [0.3, 0.4) is 0 Å². The number of rotatable bonds is 6. The first-order valence-electron chi connectivity index (χ1n) is 8.02. The lowest BCUT2D eigenvalue weighted by molar-refractivity contribution is 0.0713. The standard InChI is InChI=1S/C19H19N3O3/c1-3-22(13-14-8-5-4-6-9-14)19(23)18-21-20-17(25-18)15-10-7-11-16(12-15)24-2/h4-12H,3,13H2,1-2H3. The summed E-state index contributed by atoms with van der Waals surface area (Å²) in [6, 6.07) is 17.0. The number of benzene rings is 2. The normalized spacial score (nSPS) is 10.5. The van der Waals surface area contributed by atoms with Gasteiger partial charge in [0.1, 0.15) is 5.75 Å². The first kappa shape index (κ1) is 16.7. The number of aromatic nitrogens is 2. The molecule has 0 N–H and O–H groups in total. The summed E-state index contributed by atoms with van der Waals surface area (Å²) in [4.78, 5) is 14.3. The fraction of sp³-hybridized carbons (Fsp3) is 0.211. The Hall–Kier alpha value is -3.15. The predicted octanol–water partition coefficient (Wildman–Crippen LogP) is 3.41. The van der Waals surface area contributed by atoms with Crippen molar-refractivity contribution in [2.24, 2.45) is 0 Å². The van der Waals surface area contributed by atoms with Gasteiger partial charge in [0.15, 0.2) is 0 Å². The quantitative estimate of drug-likeness (QED) is 0.689. The summed E-state index contributed by atoms with van der Waals surface area (Å²) < 4.78 is 10.8. The molecule has 6 heteroatoms. The highest BCUT2D eigenvalue weighted by Gasteiger charge is 2.21. The van der Waals surface area contributed by atoms with E-state index < -0.39 is 0 Å². The van der Waals surface area contributed by atoms with Gasteiger partial charge in [-0.3, -0.25) is 4.79 Å². The number of hydrogen-bond donors (Lipinski definition) is 0. The molecular formula is C19H19N3O3. The van der Waals surface area contributed by atoms with E-state index in [4.69, 9.17) is 9.15 Å². The molecule has 0 fully saturated rings. The second kappa shape index (κ2) is 7.61. The van der Waals surface area contributed by atoms with Gasteiger partial charge in [-0.15, -0.1) is 10.2 Å². The minimum Gasteiger partial charge on any atom is -0.497 e. The van der Waals surface area contributed by atoms with Crippen LogP contribution in [0.25, 0.3) is 11.5 Å². The smallest absolute Gasteiger partial charge is 0.311 e. The van der Waals surface area contributed by atoms with Gasteiger partial charge in [0, 0.05) is 18.7 Å². The van der Waals surface area contributed by atoms with Crippen LogP contribution < -0.4 is 4.74 Å². The van der Waals surface area contributed by atoms with Crippen LogP contribution in [-0.4, -0.2) is 34.7 Å². The fourth-order valence-corrected chi connectivity index (χ4v) is 2.45. The molecule has 0 saturated heterocycles. The lowest BCUT2D eigenvalue weighted by Gasteiger charge is -2.18. The number of amides is 1. The molecule has 3 rings (SSSR count). The van der Waals surface area contributed by atoms with Crippen molar-refractivity contribution in [1.82, 2.24) is 15.1 Å². The summed E-state index contributed by atoms with van der Waals surface area (Å²) in [5, 5.41) is 7.90. The molecule has 25 heavy (non-hydrogen) atoms. The Labute approximate surface area is 146 Å². The Morgan fingerprint density at radius 3 is 2.64 bits per heavy atom. The molecular weight excluding hydrogens is 318 g/mol. The number of ether oxygens (including phenoxy) is 1. The molecule has 1 amide bonds. The van der Waals surface area contributed by atoms with Crippen molar-refractivity contribution in [3.05, 3.63) is 66.1 Å². The van der Waals surface area contributed by atoms with Crippen LogP contribution in [0.2, 0.25) is 0 Å². The zero-order valence-electron chi connectivity index (χ0n) is 14.2. The van der Waals surface area contributed by atoms with Crippen molar-refractivity contribution in [1.29, 1.82) is 0 Å². The van der Waals surface area contributed by atoms with E-state index >= 15 is 0 Å². The third-order valence-electron chi connectivity index (χ3n) is 3.81. The van der Waals surface area contributed by atoms with Crippen LogP contribution in [0.4, 0.5) is 0 Å². The predicted molar refractivity (Wildman–Crippen MR) is 93.1 cm³/mol. The lowest BCUT2D eigenvalue weighted by atomic mass is 10.2. The summed E-state index contributed by atoms with van der Waals surface area (Å²) in [5.74, 6) is 0.671. The fourth-order valence-electron chi connectivity index (χ4n) is 2.45. The highest BCUT2D eigenvalue weighted by molar-refractivity contribution is 5.89. The molecule has 0 radical (unpaired) electrons. The van der Waals surface area contributed by atoms with Crippen LogP contribution in [0.1, 0.15) is 23.2 Å². The average Bonchev–Trinajstić information content (AvgIpc) is 3.16. The van der Waals surface area contributed by atoms with Crippen LogP contribution in [-0.2, 0) is 6.54 Å². The third-order valence-corrected chi connectivity index (χ3v) is 3.81. The monoisotopic (exact) mass is 337 g/mol. The molecule has 0 atom stereocenters. The molecule has 1 aromatic heterocycles. The van der Waals surface area contributed by atoms with E-state index in [2.05, 4.69) is 10.2 Å². The molecule has 0 spiro atoms. The van der Waals surface area contributed by atoms with E-state index in [0.29, 0.717) is 24.4 Å². The average molecular weight is 337 g/mol. The van der Waals surface area contributed by atoms with Crippen molar-refractivity contribution >= 4 is 5.91 Å². The van der Waals surface area contributed by atoms with E-state index in [1.54, 1.807) is 18.1 Å². The lowest BCUT2D eigenvalue weighted by Crippen LogP contribution is -2.30. The van der Waals surface area contributed by atoms with Gasteiger partial charge in [-0.2, -0.15) is 0 Å². The molecule has 6 nitrogen and oxygen atoms in total. The summed E-state index contributed by atoms with van der Waals surface area (Å²) >= 11 is 0. The summed E-state index contributed by atoms with van der Waals surface area (Å²) in [6.07, 6.45) is 0. The maximum absolute atomic E-state index is 12.7. The summed E-state index contributed by atoms with van der Waals surface area (Å²) in [6.45, 7) is 2.96. The first-order valence-corrected chi connectivity index (χ1v) is 8.02. The Bertz CT molecular complexity index is 846. The molecule has 0 aliphatic heterocycles. The van der Waals surface area contributed by atoms with Gasteiger partial charge in [0.05, 0.1) is 7.11 Å². The van der Waals surface area contributed by atoms with Crippen molar-refractivity contribution in [3.8, 4) is 17.2 Å². The topological polar surface area (TPSA) is 68.5 Å². The largest absolute Gasteiger partial charge is 0.497 e. The molecule has 2 aromatic carbocycles. The highest BCUT2D eigenvalue weighted by atomic mass is 16.5.